The van der Waals surface area contributed by atoms with Crippen LogP contribution in [-0.4, -0.2) is 16.3 Å². The van der Waals surface area contributed by atoms with Crippen molar-refractivity contribution < 1.29 is 0 Å². The fraction of sp³-hybridized carbons (Fsp3) is 0.643. The van der Waals surface area contributed by atoms with E-state index in [-0.39, 0.29) is 0 Å². The van der Waals surface area contributed by atoms with Crippen molar-refractivity contribution >= 4 is 0 Å². The molecule has 17 heavy (non-hydrogen) atoms. The summed E-state index contributed by atoms with van der Waals surface area (Å²) in [6.07, 6.45) is 6.84. The van der Waals surface area contributed by atoms with Gasteiger partial charge in [0, 0.05) is 26.3 Å². The Morgan fingerprint density at radius 1 is 1.53 bits per heavy atom. The highest BCUT2D eigenvalue weighted by atomic mass is 15.3. The molecule has 0 saturated heterocycles. The molecule has 0 fully saturated rings. The van der Waals surface area contributed by atoms with Crippen LogP contribution >= 0.6 is 0 Å². The van der Waals surface area contributed by atoms with Crippen LogP contribution in [0.15, 0.2) is 23.9 Å². The Labute approximate surface area is 104 Å². The van der Waals surface area contributed by atoms with Crippen molar-refractivity contribution in [1.82, 2.24) is 15.1 Å². The third-order valence-corrected chi connectivity index (χ3v) is 3.95. The fourth-order valence-electron chi connectivity index (χ4n) is 2.67. The number of nitrogens with zero attached hydrogens (tertiary/aromatic N) is 2. The summed E-state index contributed by atoms with van der Waals surface area (Å²) in [6, 6.07) is 2.07. The molecule has 2 atom stereocenters. The second-order valence-corrected chi connectivity index (χ2v) is 5.19. The topological polar surface area (TPSA) is 29.9 Å². The summed E-state index contributed by atoms with van der Waals surface area (Å²) in [4.78, 5) is 0. The Hall–Kier alpha value is -1.09. The maximum atomic E-state index is 4.18. The molecule has 94 valence electrons. The number of aromatic nitrogens is 2. The van der Waals surface area contributed by atoms with Crippen LogP contribution in [0, 0.1) is 11.8 Å². The minimum absolute atomic E-state index is 0.706. The predicted molar refractivity (Wildman–Crippen MR) is 70.6 cm³/mol. The first-order chi connectivity index (χ1) is 8.18. The maximum absolute atomic E-state index is 4.18. The van der Waals surface area contributed by atoms with Gasteiger partial charge in [0.05, 0.1) is 5.69 Å². The molecular weight excluding hydrogens is 210 g/mol. The highest BCUT2D eigenvalue weighted by Gasteiger charge is 2.21. The van der Waals surface area contributed by atoms with Crippen LogP contribution in [-0.2, 0) is 13.6 Å². The standard InChI is InChI=1S/C14H23N3/c1-11-5-4-6-12(2)14(11)10-15-9-13-7-8-16-17(13)3/h5,7-8,12,14-15H,4,6,9-10H2,1-3H3/t12-,14-/m1/s1. The van der Waals surface area contributed by atoms with Crippen LogP contribution in [0.3, 0.4) is 0 Å². The molecule has 3 heteroatoms. The first kappa shape index (κ1) is 12.4. The van der Waals surface area contributed by atoms with E-state index in [1.165, 1.54) is 18.5 Å². The molecule has 0 radical (unpaired) electrons. The molecule has 0 spiro atoms. The van der Waals surface area contributed by atoms with E-state index >= 15 is 0 Å². The summed E-state index contributed by atoms with van der Waals surface area (Å²) in [5.74, 6) is 1.51. The van der Waals surface area contributed by atoms with Crippen molar-refractivity contribution in [3.63, 3.8) is 0 Å². The van der Waals surface area contributed by atoms with Crippen molar-refractivity contribution in [1.29, 1.82) is 0 Å². The lowest BCUT2D eigenvalue weighted by Crippen LogP contribution is -2.29. The first-order valence-electron chi connectivity index (χ1n) is 6.52. The second-order valence-electron chi connectivity index (χ2n) is 5.19. The van der Waals surface area contributed by atoms with Gasteiger partial charge in [0.1, 0.15) is 0 Å². The Morgan fingerprint density at radius 2 is 2.35 bits per heavy atom. The molecule has 0 aromatic carbocycles. The molecule has 1 aliphatic carbocycles. The van der Waals surface area contributed by atoms with Crippen molar-refractivity contribution in [2.75, 3.05) is 6.54 Å². The van der Waals surface area contributed by atoms with Crippen LogP contribution in [0.25, 0.3) is 0 Å². The predicted octanol–water partition coefficient (Wildman–Crippen LogP) is 2.50. The molecule has 1 aromatic rings. The van der Waals surface area contributed by atoms with Crippen LogP contribution in [0.5, 0.6) is 0 Å². The average Bonchev–Trinajstić information content (AvgIpc) is 2.69. The minimum Gasteiger partial charge on any atom is -0.311 e. The van der Waals surface area contributed by atoms with Gasteiger partial charge in [-0.15, -0.1) is 0 Å². The van der Waals surface area contributed by atoms with E-state index in [1.54, 1.807) is 5.57 Å². The molecule has 0 aliphatic heterocycles. The molecule has 0 saturated carbocycles. The van der Waals surface area contributed by atoms with Crippen molar-refractivity contribution in [2.45, 2.75) is 33.2 Å². The molecule has 0 amide bonds. The molecule has 1 aliphatic rings. The van der Waals surface area contributed by atoms with Crippen molar-refractivity contribution in [3.05, 3.63) is 29.6 Å². The van der Waals surface area contributed by atoms with E-state index in [9.17, 15) is 0 Å². The van der Waals surface area contributed by atoms with E-state index in [1.807, 2.05) is 17.9 Å². The zero-order chi connectivity index (χ0) is 12.3. The van der Waals surface area contributed by atoms with Gasteiger partial charge in [-0.05, 0) is 37.7 Å². The third kappa shape index (κ3) is 2.97. The van der Waals surface area contributed by atoms with Crippen LogP contribution in [0.1, 0.15) is 32.4 Å². The molecule has 1 aromatic heterocycles. The highest BCUT2D eigenvalue weighted by Crippen LogP contribution is 2.29. The van der Waals surface area contributed by atoms with Crippen LogP contribution in [0.4, 0.5) is 0 Å². The monoisotopic (exact) mass is 233 g/mol. The third-order valence-electron chi connectivity index (χ3n) is 3.95. The number of hydrogen-bond donors (Lipinski definition) is 1. The number of aryl methyl sites for hydroxylation is 1. The van der Waals surface area contributed by atoms with Gasteiger partial charge >= 0.3 is 0 Å². The molecular formula is C14H23N3. The van der Waals surface area contributed by atoms with Gasteiger partial charge in [-0.2, -0.15) is 5.10 Å². The number of allylic oxidation sites excluding steroid dienone is 1. The summed E-state index contributed by atoms with van der Waals surface area (Å²) in [6.45, 7) is 6.63. The van der Waals surface area contributed by atoms with Gasteiger partial charge in [-0.3, -0.25) is 4.68 Å². The average molecular weight is 233 g/mol. The number of hydrogen-bond acceptors (Lipinski definition) is 2. The minimum atomic E-state index is 0.706. The van der Waals surface area contributed by atoms with E-state index in [2.05, 4.69) is 36.4 Å². The first-order valence-corrected chi connectivity index (χ1v) is 6.52. The van der Waals surface area contributed by atoms with Crippen molar-refractivity contribution in [3.8, 4) is 0 Å². The van der Waals surface area contributed by atoms with Crippen molar-refractivity contribution in [2.24, 2.45) is 18.9 Å². The van der Waals surface area contributed by atoms with Gasteiger partial charge in [-0.25, -0.2) is 0 Å². The molecule has 2 rings (SSSR count). The van der Waals surface area contributed by atoms with Gasteiger partial charge in [-0.1, -0.05) is 18.6 Å². The number of nitrogens with one attached hydrogen (secondary N) is 1. The lowest BCUT2D eigenvalue weighted by molar-refractivity contribution is 0.348. The Bertz CT molecular complexity index is 392. The largest absolute Gasteiger partial charge is 0.311 e. The molecule has 1 heterocycles. The molecule has 0 bridgehead atoms. The SMILES string of the molecule is CC1=CCC[C@@H](C)[C@@H]1CNCc1ccnn1C. The normalized spacial score (nSPS) is 24.8. The van der Waals surface area contributed by atoms with E-state index in [0.717, 1.165) is 19.0 Å². The van der Waals surface area contributed by atoms with Gasteiger partial charge in [0.2, 0.25) is 0 Å². The summed E-state index contributed by atoms with van der Waals surface area (Å²) in [5, 5.41) is 7.73. The van der Waals surface area contributed by atoms with Gasteiger partial charge in [0.15, 0.2) is 0 Å². The second kappa shape index (κ2) is 5.50. The fourth-order valence-corrected chi connectivity index (χ4v) is 2.67. The van der Waals surface area contributed by atoms with Gasteiger partial charge in [0.25, 0.3) is 0 Å². The summed E-state index contributed by atoms with van der Waals surface area (Å²) >= 11 is 0. The zero-order valence-corrected chi connectivity index (χ0v) is 11.1. The van der Waals surface area contributed by atoms with Crippen LogP contribution < -0.4 is 5.32 Å². The highest BCUT2D eigenvalue weighted by molar-refractivity contribution is 5.09. The summed E-state index contributed by atoms with van der Waals surface area (Å²) < 4.78 is 1.93. The smallest absolute Gasteiger partial charge is 0.0518 e. The van der Waals surface area contributed by atoms with E-state index in [4.69, 9.17) is 0 Å². The summed E-state index contributed by atoms with van der Waals surface area (Å²) in [5.41, 5.74) is 2.80. The number of rotatable bonds is 4. The lowest BCUT2D eigenvalue weighted by atomic mass is 9.80. The Balaban J connectivity index is 1.84. The lowest BCUT2D eigenvalue weighted by Gasteiger charge is -2.29. The quantitative estimate of drug-likeness (QED) is 0.810. The summed E-state index contributed by atoms with van der Waals surface area (Å²) in [7, 11) is 1.99. The maximum Gasteiger partial charge on any atom is 0.0518 e. The van der Waals surface area contributed by atoms with E-state index in [0.29, 0.717) is 5.92 Å². The van der Waals surface area contributed by atoms with Crippen LogP contribution in [0.2, 0.25) is 0 Å². The molecule has 0 unspecified atom stereocenters. The zero-order valence-electron chi connectivity index (χ0n) is 11.1. The Morgan fingerprint density at radius 3 is 3.00 bits per heavy atom. The molecule has 1 N–H and O–H groups in total. The van der Waals surface area contributed by atoms with E-state index < -0.39 is 0 Å². The molecule has 3 nitrogen and oxygen atoms in total. The van der Waals surface area contributed by atoms with Gasteiger partial charge < -0.3 is 5.32 Å². The Kier molecular flexibility index (Phi) is 4.00.